The maximum absolute atomic E-state index is 11.4. The molecule has 5 nitrogen and oxygen atoms in total. The van der Waals surface area contributed by atoms with Crippen LogP contribution in [0.2, 0.25) is 0 Å². The Balaban J connectivity index is 2.50. The summed E-state index contributed by atoms with van der Waals surface area (Å²) < 4.78 is 10.6. The number of carbonyl (C=O) groups is 1. The van der Waals surface area contributed by atoms with Crippen molar-refractivity contribution in [1.82, 2.24) is 10.3 Å². The van der Waals surface area contributed by atoms with E-state index < -0.39 is 11.7 Å². The number of hydrogen-bond donors (Lipinski definition) is 1. The van der Waals surface area contributed by atoms with Crippen molar-refractivity contribution in [1.29, 1.82) is 0 Å². The fourth-order valence-corrected chi connectivity index (χ4v) is 1.27. The smallest absolute Gasteiger partial charge is 0.408 e. The minimum Gasteiger partial charge on any atom is -0.444 e. The van der Waals surface area contributed by atoms with Crippen molar-refractivity contribution in [2.75, 3.05) is 0 Å². The Hall–Kier alpha value is -1.52. The van der Waals surface area contributed by atoms with Crippen molar-refractivity contribution in [2.45, 2.75) is 53.2 Å². The van der Waals surface area contributed by atoms with E-state index in [0.717, 1.165) is 12.1 Å². The minimum atomic E-state index is -0.491. The predicted molar refractivity (Wildman–Crippen MR) is 63.7 cm³/mol. The maximum Gasteiger partial charge on any atom is 0.408 e. The van der Waals surface area contributed by atoms with Crippen LogP contribution < -0.4 is 5.32 Å². The molecule has 1 rings (SSSR count). The molecule has 17 heavy (non-hydrogen) atoms. The van der Waals surface area contributed by atoms with Gasteiger partial charge in [0.05, 0.1) is 12.2 Å². The molecule has 0 radical (unpaired) electrons. The molecule has 96 valence electrons. The van der Waals surface area contributed by atoms with Crippen LogP contribution in [0.1, 0.15) is 45.0 Å². The van der Waals surface area contributed by atoms with E-state index in [-0.39, 0.29) is 0 Å². The number of rotatable bonds is 3. The Bertz CT molecular complexity index is 391. The quantitative estimate of drug-likeness (QED) is 0.881. The molecular weight excluding hydrogens is 220 g/mol. The van der Waals surface area contributed by atoms with E-state index in [1.807, 2.05) is 34.6 Å². The van der Waals surface area contributed by atoms with Gasteiger partial charge in [-0.2, -0.15) is 0 Å². The fraction of sp³-hybridized carbons (Fsp3) is 0.667. The molecule has 0 bridgehead atoms. The van der Waals surface area contributed by atoms with E-state index in [0.29, 0.717) is 18.2 Å². The molecule has 0 unspecified atom stereocenters. The van der Waals surface area contributed by atoms with Crippen LogP contribution in [0.25, 0.3) is 0 Å². The predicted octanol–water partition coefficient (Wildman–Crippen LogP) is 2.57. The van der Waals surface area contributed by atoms with Crippen LogP contribution in [0.15, 0.2) is 4.42 Å². The fourth-order valence-electron chi connectivity index (χ4n) is 1.27. The summed E-state index contributed by atoms with van der Waals surface area (Å²) in [5.41, 5.74) is 0.313. The summed E-state index contributed by atoms with van der Waals surface area (Å²) in [5.74, 6) is 1.36. The molecule has 0 aromatic carbocycles. The first kappa shape index (κ1) is 13.5. The summed E-state index contributed by atoms with van der Waals surface area (Å²) in [6.45, 7) is 9.59. The number of aromatic nitrogens is 1. The SMILES string of the molecule is CCc1nc(C)c(CNC(=O)OC(C)(C)C)o1. The van der Waals surface area contributed by atoms with Gasteiger partial charge in [0, 0.05) is 6.42 Å². The van der Waals surface area contributed by atoms with Gasteiger partial charge < -0.3 is 14.5 Å². The summed E-state index contributed by atoms with van der Waals surface area (Å²) in [6.07, 6.45) is 0.291. The highest BCUT2D eigenvalue weighted by atomic mass is 16.6. The number of aryl methyl sites for hydroxylation is 2. The van der Waals surface area contributed by atoms with Crippen LogP contribution in [-0.4, -0.2) is 16.7 Å². The molecule has 0 saturated carbocycles. The zero-order valence-electron chi connectivity index (χ0n) is 11.1. The number of hydrogen-bond acceptors (Lipinski definition) is 4. The Labute approximate surface area is 102 Å². The molecule has 0 spiro atoms. The molecule has 5 heteroatoms. The van der Waals surface area contributed by atoms with Gasteiger partial charge in [0.25, 0.3) is 0 Å². The highest BCUT2D eigenvalue weighted by molar-refractivity contribution is 5.67. The number of carbonyl (C=O) groups excluding carboxylic acids is 1. The Morgan fingerprint density at radius 3 is 2.59 bits per heavy atom. The molecule has 1 amide bonds. The molecule has 0 fully saturated rings. The van der Waals surface area contributed by atoms with E-state index >= 15 is 0 Å². The van der Waals surface area contributed by atoms with Gasteiger partial charge in [-0.15, -0.1) is 0 Å². The lowest BCUT2D eigenvalue weighted by Crippen LogP contribution is -2.32. The van der Waals surface area contributed by atoms with Gasteiger partial charge in [-0.05, 0) is 27.7 Å². The Morgan fingerprint density at radius 1 is 1.47 bits per heavy atom. The number of alkyl carbamates (subject to hydrolysis) is 1. The first-order chi connectivity index (χ1) is 7.81. The first-order valence-corrected chi connectivity index (χ1v) is 5.74. The lowest BCUT2D eigenvalue weighted by atomic mass is 10.2. The third-order valence-corrected chi connectivity index (χ3v) is 2.03. The van der Waals surface area contributed by atoms with Crippen molar-refractivity contribution in [3.63, 3.8) is 0 Å². The highest BCUT2D eigenvalue weighted by Gasteiger charge is 2.17. The van der Waals surface area contributed by atoms with Crippen LogP contribution in [0.3, 0.4) is 0 Å². The van der Waals surface area contributed by atoms with Crippen LogP contribution in [0.5, 0.6) is 0 Å². The van der Waals surface area contributed by atoms with E-state index in [1.54, 1.807) is 0 Å². The topological polar surface area (TPSA) is 64.4 Å². The summed E-state index contributed by atoms with van der Waals surface area (Å²) in [4.78, 5) is 15.6. The van der Waals surface area contributed by atoms with Gasteiger partial charge >= 0.3 is 6.09 Å². The van der Waals surface area contributed by atoms with Crippen molar-refractivity contribution in [2.24, 2.45) is 0 Å². The molecule has 0 aliphatic heterocycles. The van der Waals surface area contributed by atoms with Crippen LogP contribution >= 0.6 is 0 Å². The maximum atomic E-state index is 11.4. The second-order valence-corrected chi connectivity index (χ2v) is 4.83. The number of nitrogens with zero attached hydrogens (tertiary/aromatic N) is 1. The van der Waals surface area contributed by atoms with Crippen LogP contribution in [-0.2, 0) is 17.7 Å². The van der Waals surface area contributed by atoms with Gasteiger partial charge in [-0.3, -0.25) is 0 Å². The number of nitrogens with one attached hydrogen (secondary N) is 1. The first-order valence-electron chi connectivity index (χ1n) is 5.74. The number of oxazole rings is 1. The van der Waals surface area contributed by atoms with Crippen LogP contribution in [0.4, 0.5) is 4.79 Å². The zero-order chi connectivity index (χ0) is 13.1. The average Bonchev–Trinajstić information content (AvgIpc) is 2.54. The zero-order valence-corrected chi connectivity index (χ0v) is 11.1. The molecule has 0 aliphatic carbocycles. The standard InChI is InChI=1S/C12H20N2O3/c1-6-10-14-8(2)9(16-10)7-13-11(15)17-12(3,4)5/h6-7H2,1-5H3,(H,13,15). The molecule has 0 atom stereocenters. The van der Waals surface area contributed by atoms with Crippen molar-refractivity contribution in [3.05, 3.63) is 17.3 Å². The Kier molecular flexibility index (Phi) is 4.15. The van der Waals surface area contributed by atoms with Crippen molar-refractivity contribution < 1.29 is 13.9 Å². The Morgan fingerprint density at radius 2 is 2.12 bits per heavy atom. The summed E-state index contributed by atoms with van der Waals surface area (Å²) in [5, 5.41) is 2.64. The van der Waals surface area contributed by atoms with E-state index in [9.17, 15) is 4.79 Å². The number of ether oxygens (including phenoxy) is 1. The van der Waals surface area contributed by atoms with E-state index in [4.69, 9.17) is 9.15 Å². The second kappa shape index (κ2) is 5.21. The average molecular weight is 240 g/mol. The lowest BCUT2D eigenvalue weighted by Gasteiger charge is -2.19. The normalized spacial score (nSPS) is 11.4. The van der Waals surface area contributed by atoms with Gasteiger partial charge in [-0.1, -0.05) is 6.92 Å². The van der Waals surface area contributed by atoms with Crippen molar-refractivity contribution in [3.8, 4) is 0 Å². The van der Waals surface area contributed by atoms with E-state index in [1.165, 1.54) is 0 Å². The van der Waals surface area contributed by atoms with E-state index in [2.05, 4.69) is 10.3 Å². The van der Waals surface area contributed by atoms with Crippen LogP contribution in [0, 0.1) is 6.92 Å². The summed E-state index contributed by atoms with van der Waals surface area (Å²) >= 11 is 0. The number of amides is 1. The molecule has 1 aromatic heterocycles. The minimum absolute atomic E-state index is 0.299. The molecule has 1 N–H and O–H groups in total. The molecule has 0 aliphatic rings. The molecule has 1 aromatic rings. The highest BCUT2D eigenvalue weighted by Crippen LogP contribution is 2.11. The third-order valence-electron chi connectivity index (χ3n) is 2.03. The molecule has 1 heterocycles. The summed E-state index contributed by atoms with van der Waals surface area (Å²) in [6, 6.07) is 0. The molecule has 0 saturated heterocycles. The van der Waals surface area contributed by atoms with Crippen molar-refractivity contribution >= 4 is 6.09 Å². The monoisotopic (exact) mass is 240 g/mol. The lowest BCUT2D eigenvalue weighted by molar-refractivity contribution is 0.0519. The molecular formula is C12H20N2O3. The third kappa shape index (κ3) is 4.46. The van der Waals surface area contributed by atoms with Gasteiger partial charge in [0.1, 0.15) is 11.4 Å². The van der Waals surface area contributed by atoms with Gasteiger partial charge in [-0.25, -0.2) is 9.78 Å². The second-order valence-electron chi connectivity index (χ2n) is 4.83. The summed E-state index contributed by atoms with van der Waals surface area (Å²) in [7, 11) is 0. The van der Waals surface area contributed by atoms with Gasteiger partial charge in [0.15, 0.2) is 5.89 Å². The van der Waals surface area contributed by atoms with Gasteiger partial charge in [0.2, 0.25) is 0 Å². The largest absolute Gasteiger partial charge is 0.444 e.